The van der Waals surface area contributed by atoms with Gasteiger partial charge in [0.2, 0.25) is 5.91 Å². The van der Waals surface area contributed by atoms with E-state index in [1.54, 1.807) is 0 Å². The standard InChI is InChI=1S/C25H29NO/c1-18-7-9-22(10-8-18)24-12-20-11-21(13-24)15-25(14-20,17-24)23(27)26-16-19-5-3-2-4-6-19/h2-10,20-21H,11-17H2,1H3,(H,26,27)/t20-,21-,24?,25?/m0/s1. The Morgan fingerprint density at radius 2 is 1.63 bits per heavy atom. The van der Waals surface area contributed by atoms with Crippen LogP contribution in [0, 0.1) is 24.2 Å². The van der Waals surface area contributed by atoms with E-state index in [9.17, 15) is 4.79 Å². The summed E-state index contributed by atoms with van der Waals surface area (Å²) in [6, 6.07) is 19.4. The zero-order valence-corrected chi connectivity index (χ0v) is 16.2. The van der Waals surface area contributed by atoms with Crippen molar-refractivity contribution < 1.29 is 4.79 Å². The van der Waals surface area contributed by atoms with Crippen LogP contribution in [0.1, 0.15) is 55.2 Å². The summed E-state index contributed by atoms with van der Waals surface area (Å²) in [5.41, 5.74) is 4.05. The average Bonchev–Trinajstić information content (AvgIpc) is 2.66. The van der Waals surface area contributed by atoms with Gasteiger partial charge in [-0.05, 0) is 73.8 Å². The highest BCUT2D eigenvalue weighted by molar-refractivity contribution is 5.83. The summed E-state index contributed by atoms with van der Waals surface area (Å²) in [5, 5.41) is 3.29. The second-order valence-corrected chi connectivity index (χ2v) is 9.56. The van der Waals surface area contributed by atoms with Crippen LogP contribution >= 0.6 is 0 Å². The summed E-state index contributed by atoms with van der Waals surface area (Å²) < 4.78 is 0. The van der Waals surface area contributed by atoms with Crippen molar-refractivity contribution in [3.63, 3.8) is 0 Å². The molecule has 2 heteroatoms. The molecule has 4 fully saturated rings. The number of carbonyl (C=O) groups is 1. The van der Waals surface area contributed by atoms with Crippen LogP contribution in [0.3, 0.4) is 0 Å². The van der Waals surface area contributed by atoms with Crippen molar-refractivity contribution in [3.05, 3.63) is 71.3 Å². The smallest absolute Gasteiger partial charge is 0.226 e. The van der Waals surface area contributed by atoms with Gasteiger partial charge in [-0.3, -0.25) is 4.79 Å². The molecule has 4 bridgehead atoms. The maximum absolute atomic E-state index is 13.4. The van der Waals surface area contributed by atoms with E-state index >= 15 is 0 Å². The molecule has 2 atom stereocenters. The van der Waals surface area contributed by atoms with E-state index in [1.807, 2.05) is 18.2 Å². The van der Waals surface area contributed by atoms with Gasteiger partial charge in [-0.1, -0.05) is 60.2 Å². The lowest BCUT2D eigenvalue weighted by Gasteiger charge is -2.61. The van der Waals surface area contributed by atoms with Gasteiger partial charge in [-0.15, -0.1) is 0 Å². The normalized spacial score (nSPS) is 33.8. The number of nitrogens with one attached hydrogen (secondary N) is 1. The Hall–Kier alpha value is -2.09. The molecular weight excluding hydrogens is 330 g/mol. The molecule has 2 aromatic carbocycles. The van der Waals surface area contributed by atoms with Crippen LogP contribution in [0.15, 0.2) is 54.6 Å². The highest BCUT2D eigenvalue weighted by Gasteiger charge is 2.60. The van der Waals surface area contributed by atoms with Crippen LogP contribution in [0.4, 0.5) is 0 Å². The molecule has 2 nitrogen and oxygen atoms in total. The molecule has 2 aromatic rings. The zero-order chi connectivity index (χ0) is 18.5. The van der Waals surface area contributed by atoms with Crippen LogP contribution in [0.5, 0.6) is 0 Å². The first kappa shape index (κ1) is 17.0. The van der Waals surface area contributed by atoms with Crippen LogP contribution in [0.2, 0.25) is 0 Å². The Kier molecular flexibility index (Phi) is 3.93. The van der Waals surface area contributed by atoms with Crippen molar-refractivity contribution in [1.29, 1.82) is 0 Å². The van der Waals surface area contributed by atoms with Crippen molar-refractivity contribution in [2.45, 2.75) is 57.4 Å². The molecule has 4 aliphatic carbocycles. The molecule has 4 saturated carbocycles. The van der Waals surface area contributed by atoms with Gasteiger partial charge in [-0.2, -0.15) is 0 Å². The fourth-order valence-electron chi connectivity index (χ4n) is 6.74. The van der Waals surface area contributed by atoms with Crippen molar-refractivity contribution in [3.8, 4) is 0 Å². The van der Waals surface area contributed by atoms with Gasteiger partial charge in [0.15, 0.2) is 0 Å². The Balaban J connectivity index is 1.41. The van der Waals surface area contributed by atoms with Crippen molar-refractivity contribution in [1.82, 2.24) is 5.32 Å². The summed E-state index contributed by atoms with van der Waals surface area (Å²) in [6.45, 7) is 2.80. The van der Waals surface area contributed by atoms with Gasteiger partial charge in [0.25, 0.3) is 0 Å². The monoisotopic (exact) mass is 359 g/mol. The van der Waals surface area contributed by atoms with Gasteiger partial charge in [0, 0.05) is 6.54 Å². The van der Waals surface area contributed by atoms with Crippen LogP contribution in [0.25, 0.3) is 0 Å². The highest BCUT2D eigenvalue weighted by atomic mass is 16.2. The maximum Gasteiger partial charge on any atom is 0.226 e. The third-order valence-electron chi connectivity index (χ3n) is 7.50. The number of aryl methyl sites for hydroxylation is 1. The number of hydrogen-bond acceptors (Lipinski definition) is 1. The first-order chi connectivity index (χ1) is 13.1. The molecule has 0 unspecified atom stereocenters. The summed E-state index contributed by atoms with van der Waals surface area (Å²) in [7, 11) is 0. The minimum atomic E-state index is -0.149. The molecule has 0 saturated heterocycles. The van der Waals surface area contributed by atoms with Gasteiger partial charge >= 0.3 is 0 Å². The SMILES string of the molecule is Cc1ccc(C23C[C@@H]4C[C@H](CC(C(=O)NCc5ccccc5)(C4)C2)C3)cc1. The van der Waals surface area contributed by atoms with E-state index in [0.717, 1.165) is 31.1 Å². The van der Waals surface area contributed by atoms with Crippen molar-refractivity contribution >= 4 is 5.91 Å². The van der Waals surface area contributed by atoms with Crippen LogP contribution in [-0.4, -0.2) is 5.91 Å². The van der Waals surface area contributed by atoms with Crippen molar-refractivity contribution in [2.75, 3.05) is 0 Å². The molecule has 0 aromatic heterocycles. The van der Waals surface area contributed by atoms with Gasteiger partial charge < -0.3 is 5.32 Å². The zero-order valence-electron chi connectivity index (χ0n) is 16.2. The van der Waals surface area contributed by atoms with E-state index in [4.69, 9.17) is 0 Å². The second-order valence-electron chi connectivity index (χ2n) is 9.56. The fourth-order valence-corrected chi connectivity index (χ4v) is 6.74. The average molecular weight is 360 g/mol. The number of amides is 1. The molecule has 4 aliphatic rings. The van der Waals surface area contributed by atoms with E-state index in [2.05, 4.69) is 48.6 Å². The Labute approximate surface area is 162 Å². The lowest BCUT2D eigenvalue weighted by Crippen LogP contribution is -2.59. The molecule has 1 amide bonds. The van der Waals surface area contributed by atoms with Crippen LogP contribution in [-0.2, 0) is 16.8 Å². The quantitative estimate of drug-likeness (QED) is 0.804. The topological polar surface area (TPSA) is 29.1 Å². The van der Waals surface area contributed by atoms with E-state index in [1.165, 1.54) is 36.0 Å². The molecular formula is C25H29NO. The van der Waals surface area contributed by atoms with E-state index in [0.29, 0.717) is 12.5 Å². The molecule has 0 aliphatic heterocycles. The number of hydrogen-bond donors (Lipinski definition) is 1. The van der Waals surface area contributed by atoms with Crippen LogP contribution < -0.4 is 5.32 Å². The molecule has 140 valence electrons. The fraction of sp³-hybridized carbons (Fsp3) is 0.480. The van der Waals surface area contributed by atoms with Gasteiger partial charge in [-0.25, -0.2) is 0 Å². The number of carbonyl (C=O) groups excluding carboxylic acids is 1. The minimum absolute atomic E-state index is 0.149. The third kappa shape index (κ3) is 2.90. The Morgan fingerprint density at radius 3 is 2.30 bits per heavy atom. The molecule has 0 heterocycles. The summed E-state index contributed by atoms with van der Waals surface area (Å²) in [6.07, 6.45) is 7.12. The first-order valence-electron chi connectivity index (χ1n) is 10.5. The predicted octanol–water partition coefficient (Wildman–Crippen LogP) is 5.15. The van der Waals surface area contributed by atoms with Gasteiger partial charge in [0.05, 0.1) is 5.41 Å². The molecule has 6 rings (SSSR count). The van der Waals surface area contributed by atoms with Crippen molar-refractivity contribution in [2.24, 2.45) is 17.3 Å². The maximum atomic E-state index is 13.4. The Morgan fingerprint density at radius 1 is 0.963 bits per heavy atom. The number of benzene rings is 2. The Bertz CT molecular complexity index is 824. The highest BCUT2D eigenvalue weighted by Crippen LogP contribution is 2.65. The molecule has 1 N–H and O–H groups in total. The lowest BCUT2D eigenvalue weighted by molar-refractivity contribution is -0.149. The lowest BCUT2D eigenvalue weighted by atomic mass is 9.42. The number of rotatable bonds is 4. The third-order valence-corrected chi connectivity index (χ3v) is 7.50. The molecule has 27 heavy (non-hydrogen) atoms. The van der Waals surface area contributed by atoms with E-state index < -0.39 is 0 Å². The van der Waals surface area contributed by atoms with Gasteiger partial charge in [0.1, 0.15) is 0 Å². The largest absolute Gasteiger partial charge is 0.352 e. The first-order valence-corrected chi connectivity index (χ1v) is 10.5. The minimum Gasteiger partial charge on any atom is -0.352 e. The van der Waals surface area contributed by atoms with E-state index in [-0.39, 0.29) is 10.8 Å². The summed E-state index contributed by atoms with van der Waals surface area (Å²) in [4.78, 5) is 13.4. The summed E-state index contributed by atoms with van der Waals surface area (Å²) in [5.74, 6) is 1.74. The second kappa shape index (κ2) is 6.22. The predicted molar refractivity (Wildman–Crippen MR) is 108 cm³/mol. The molecule has 0 radical (unpaired) electrons. The molecule has 0 spiro atoms. The summed E-state index contributed by atoms with van der Waals surface area (Å²) >= 11 is 0.